The first kappa shape index (κ1) is 19.0. The number of sulfonamides is 1. The first-order valence-corrected chi connectivity index (χ1v) is 11.1. The highest BCUT2D eigenvalue weighted by Crippen LogP contribution is 2.31. The summed E-state index contributed by atoms with van der Waals surface area (Å²) in [6.45, 7) is 1.68. The van der Waals surface area contributed by atoms with Crippen LogP contribution in [-0.4, -0.2) is 40.1 Å². The summed E-state index contributed by atoms with van der Waals surface area (Å²) in [6, 6.07) is 13.7. The van der Waals surface area contributed by atoms with E-state index >= 15 is 0 Å². The number of ether oxygens (including phenoxy) is 1. The minimum atomic E-state index is -3.66. The van der Waals surface area contributed by atoms with Gasteiger partial charge in [0.2, 0.25) is 0 Å². The Morgan fingerprint density at radius 1 is 1.11 bits per heavy atom. The zero-order valence-corrected chi connectivity index (χ0v) is 16.5. The summed E-state index contributed by atoms with van der Waals surface area (Å²) in [5.41, 5.74) is 2.23. The molecule has 0 saturated carbocycles. The molecule has 1 fully saturated rings. The molecule has 28 heavy (non-hydrogen) atoms. The van der Waals surface area contributed by atoms with Crippen molar-refractivity contribution in [1.29, 1.82) is 0 Å². The van der Waals surface area contributed by atoms with Crippen molar-refractivity contribution < 1.29 is 17.9 Å². The molecule has 0 spiro atoms. The summed E-state index contributed by atoms with van der Waals surface area (Å²) in [6.07, 6.45) is 3.72. The lowest BCUT2D eigenvalue weighted by Gasteiger charge is -2.30. The predicted octanol–water partition coefficient (Wildman–Crippen LogP) is 2.74. The van der Waals surface area contributed by atoms with Crippen LogP contribution in [0.4, 0.5) is 5.69 Å². The first-order valence-electron chi connectivity index (χ1n) is 9.66. The highest BCUT2D eigenvalue weighted by Gasteiger charge is 2.29. The van der Waals surface area contributed by atoms with Gasteiger partial charge < -0.3 is 10.1 Å². The fraction of sp³-hybridized carbons (Fsp3) is 0.381. The number of hydrogen-bond donors (Lipinski definition) is 1. The van der Waals surface area contributed by atoms with E-state index in [0.717, 1.165) is 43.5 Å². The molecule has 7 heteroatoms. The number of hydrogen-bond acceptors (Lipinski definition) is 4. The molecule has 0 aromatic heterocycles. The Hall–Kier alpha value is -2.38. The maximum Gasteiger partial charge on any atom is 0.264 e. The van der Waals surface area contributed by atoms with E-state index in [0.29, 0.717) is 18.7 Å². The second kappa shape index (κ2) is 7.93. The SMILES string of the molecule is O=C(NCC1CCCO1)c1ccc(S(=O)(=O)N2CCCc3ccccc32)cc1. The fourth-order valence-corrected chi connectivity index (χ4v) is 5.31. The Bertz CT molecular complexity index is 951. The van der Waals surface area contributed by atoms with Crippen LogP contribution in [0.3, 0.4) is 0 Å². The number of fused-ring (bicyclic) bond motifs is 1. The molecular weight excluding hydrogens is 376 g/mol. The Morgan fingerprint density at radius 2 is 1.89 bits per heavy atom. The molecule has 2 aliphatic rings. The van der Waals surface area contributed by atoms with E-state index in [1.165, 1.54) is 16.4 Å². The van der Waals surface area contributed by atoms with E-state index in [2.05, 4.69) is 5.32 Å². The molecule has 4 rings (SSSR count). The highest BCUT2D eigenvalue weighted by molar-refractivity contribution is 7.92. The average molecular weight is 401 g/mol. The van der Waals surface area contributed by atoms with Gasteiger partial charge in [-0.25, -0.2) is 8.42 Å². The molecule has 2 aromatic carbocycles. The van der Waals surface area contributed by atoms with Gasteiger partial charge in [-0.05, 0) is 61.6 Å². The third-order valence-electron chi connectivity index (χ3n) is 5.29. The molecule has 1 N–H and O–H groups in total. The van der Waals surface area contributed by atoms with Gasteiger partial charge in [-0.1, -0.05) is 18.2 Å². The van der Waals surface area contributed by atoms with Crippen LogP contribution in [0.25, 0.3) is 0 Å². The summed E-state index contributed by atoms with van der Waals surface area (Å²) < 4.78 is 33.2. The van der Waals surface area contributed by atoms with Crippen LogP contribution in [0.1, 0.15) is 35.2 Å². The quantitative estimate of drug-likeness (QED) is 0.837. The maximum atomic E-state index is 13.1. The van der Waals surface area contributed by atoms with Gasteiger partial charge in [0.1, 0.15) is 0 Å². The van der Waals surface area contributed by atoms with Gasteiger partial charge in [-0.2, -0.15) is 0 Å². The molecule has 0 bridgehead atoms. The number of para-hydroxylation sites is 1. The van der Waals surface area contributed by atoms with Crippen LogP contribution in [-0.2, 0) is 21.2 Å². The van der Waals surface area contributed by atoms with Crippen molar-refractivity contribution in [3.05, 3.63) is 59.7 Å². The summed E-state index contributed by atoms with van der Waals surface area (Å²) in [4.78, 5) is 12.5. The normalized spacial score (nSPS) is 19.3. The third kappa shape index (κ3) is 3.77. The topological polar surface area (TPSA) is 75.7 Å². The maximum absolute atomic E-state index is 13.1. The number of amides is 1. The number of carbonyl (C=O) groups excluding carboxylic acids is 1. The monoisotopic (exact) mass is 400 g/mol. The smallest absolute Gasteiger partial charge is 0.264 e. The van der Waals surface area contributed by atoms with Crippen molar-refractivity contribution >= 4 is 21.6 Å². The zero-order valence-electron chi connectivity index (χ0n) is 15.6. The number of nitrogens with zero attached hydrogens (tertiary/aromatic N) is 1. The number of benzene rings is 2. The molecule has 0 radical (unpaired) electrons. The lowest BCUT2D eigenvalue weighted by molar-refractivity contribution is 0.0857. The van der Waals surface area contributed by atoms with Gasteiger partial charge in [-0.3, -0.25) is 9.10 Å². The molecule has 1 atom stereocenters. The van der Waals surface area contributed by atoms with E-state index in [4.69, 9.17) is 4.74 Å². The number of anilines is 1. The van der Waals surface area contributed by atoms with Crippen molar-refractivity contribution in [3.8, 4) is 0 Å². The standard InChI is InChI=1S/C21H24N2O4S/c24-21(22-15-18-7-4-14-27-18)17-9-11-19(12-10-17)28(25,26)23-13-3-6-16-5-1-2-8-20(16)23/h1-2,5,8-12,18H,3-4,6-7,13-15H2,(H,22,24). The molecule has 0 aliphatic carbocycles. The number of carbonyl (C=O) groups is 1. The lowest BCUT2D eigenvalue weighted by atomic mass is 10.0. The number of aryl methyl sites for hydroxylation is 1. The Balaban J connectivity index is 1.49. The Morgan fingerprint density at radius 3 is 2.64 bits per heavy atom. The van der Waals surface area contributed by atoms with E-state index < -0.39 is 10.0 Å². The summed E-state index contributed by atoms with van der Waals surface area (Å²) in [5.74, 6) is -0.220. The van der Waals surface area contributed by atoms with Crippen molar-refractivity contribution in [2.24, 2.45) is 0 Å². The van der Waals surface area contributed by atoms with E-state index in [1.807, 2.05) is 24.3 Å². The molecule has 2 aromatic rings. The first-order chi connectivity index (χ1) is 13.6. The van der Waals surface area contributed by atoms with E-state index in [9.17, 15) is 13.2 Å². The summed E-state index contributed by atoms with van der Waals surface area (Å²) in [7, 11) is -3.66. The molecule has 148 valence electrons. The summed E-state index contributed by atoms with van der Waals surface area (Å²) >= 11 is 0. The van der Waals surface area contributed by atoms with Crippen LogP contribution in [0.5, 0.6) is 0 Å². The van der Waals surface area contributed by atoms with Gasteiger partial charge in [-0.15, -0.1) is 0 Å². The van der Waals surface area contributed by atoms with Gasteiger partial charge >= 0.3 is 0 Å². The second-order valence-corrected chi connectivity index (χ2v) is 9.04. The molecule has 1 saturated heterocycles. The van der Waals surface area contributed by atoms with Crippen LogP contribution < -0.4 is 9.62 Å². The minimum absolute atomic E-state index is 0.0720. The van der Waals surface area contributed by atoms with Crippen LogP contribution >= 0.6 is 0 Å². The molecular formula is C21H24N2O4S. The van der Waals surface area contributed by atoms with Crippen LogP contribution in [0, 0.1) is 0 Å². The molecule has 2 aliphatic heterocycles. The zero-order chi connectivity index (χ0) is 19.6. The van der Waals surface area contributed by atoms with E-state index in [-0.39, 0.29) is 16.9 Å². The Labute approximate surface area is 165 Å². The lowest BCUT2D eigenvalue weighted by Crippen LogP contribution is -2.35. The van der Waals surface area contributed by atoms with Gasteiger partial charge in [0, 0.05) is 25.3 Å². The van der Waals surface area contributed by atoms with Gasteiger partial charge in [0.05, 0.1) is 16.7 Å². The minimum Gasteiger partial charge on any atom is -0.376 e. The van der Waals surface area contributed by atoms with Crippen molar-refractivity contribution in [2.75, 3.05) is 24.0 Å². The predicted molar refractivity (Wildman–Crippen MR) is 107 cm³/mol. The average Bonchev–Trinajstić information content (AvgIpc) is 3.25. The number of rotatable bonds is 5. The van der Waals surface area contributed by atoms with Crippen molar-refractivity contribution in [3.63, 3.8) is 0 Å². The number of nitrogens with one attached hydrogen (secondary N) is 1. The van der Waals surface area contributed by atoms with Crippen LogP contribution in [0.2, 0.25) is 0 Å². The van der Waals surface area contributed by atoms with Crippen molar-refractivity contribution in [2.45, 2.75) is 36.7 Å². The largest absolute Gasteiger partial charge is 0.376 e. The molecule has 1 amide bonds. The van der Waals surface area contributed by atoms with Gasteiger partial charge in [0.25, 0.3) is 15.9 Å². The van der Waals surface area contributed by atoms with Gasteiger partial charge in [0.15, 0.2) is 0 Å². The Kier molecular flexibility index (Phi) is 5.37. The third-order valence-corrected chi connectivity index (χ3v) is 7.11. The second-order valence-electron chi connectivity index (χ2n) is 7.18. The molecule has 6 nitrogen and oxygen atoms in total. The molecule has 1 unspecified atom stereocenters. The highest BCUT2D eigenvalue weighted by atomic mass is 32.2. The van der Waals surface area contributed by atoms with E-state index in [1.54, 1.807) is 12.1 Å². The fourth-order valence-electron chi connectivity index (χ4n) is 3.77. The van der Waals surface area contributed by atoms with Crippen LogP contribution in [0.15, 0.2) is 53.4 Å². The summed E-state index contributed by atoms with van der Waals surface area (Å²) in [5, 5.41) is 2.85. The van der Waals surface area contributed by atoms with Crippen molar-refractivity contribution in [1.82, 2.24) is 5.32 Å². The molecule has 2 heterocycles.